The molecular weight excluding hydrogens is 254 g/mol. The average molecular weight is 272 g/mol. The molecule has 0 heterocycles. The fourth-order valence-electron chi connectivity index (χ4n) is 1.41. The molecule has 0 fully saturated rings. The van der Waals surface area contributed by atoms with E-state index >= 15 is 0 Å². The Bertz CT molecular complexity index is 284. The topological polar surface area (TPSA) is 35.2 Å². The van der Waals surface area contributed by atoms with Crippen LogP contribution in [0.4, 0.5) is 0 Å². The highest BCUT2D eigenvalue weighted by Gasteiger charge is 2.06. The van der Waals surface area contributed by atoms with E-state index in [4.69, 9.17) is 10.5 Å². The lowest BCUT2D eigenvalue weighted by Gasteiger charge is -2.14. The summed E-state index contributed by atoms with van der Waals surface area (Å²) in [6.07, 6.45) is 0.997. The largest absolute Gasteiger partial charge is 0.492 e. The third kappa shape index (κ3) is 5.19. The fraction of sp³-hybridized carbons (Fsp3) is 0.500. The summed E-state index contributed by atoms with van der Waals surface area (Å²) >= 11 is 3.38. The maximum absolute atomic E-state index is 5.92. The molecule has 1 rings (SSSR count). The van der Waals surface area contributed by atoms with Gasteiger partial charge in [0.1, 0.15) is 12.4 Å². The molecule has 1 aromatic carbocycles. The first-order valence-corrected chi connectivity index (χ1v) is 6.01. The van der Waals surface area contributed by atoms with Gasteiger partial charge >= 0.3 is 0 Å². The van der Waals surface area contributed by atoms with Crippen molar-refractivity contribution in [2.75, 3.05) is 6.61 Å². The molecule has 0 aliphatic carbocycles. The molecule has 2 N–H and O–H groups in total. The molecule has 2 nitrogen and oxygen atoms in total. The number of benzene rings is 1. The lowest BCUT2D eigenvalue weighted by atomic mass is 10.1. The first-order valence-electron chi connectivity index (χ1n) is 5.22. The lowest BCUT2D eigenvalue weighted by molar-refractivity contribution is 0.271. The Kier molecular flexibility index (Phi) is 5.12. The van der Waals surface area contributed by atoms with Crippen LogP contribution in [0.5, 0.6) is 5.75 Å². The van der Waals surface area contributed by atoms with Crippen LogP contribution >= 0.6 is 15.9 Å². The van der Waals surface area contributed by atoms with E-state index in [0.29, 0.717) is 12.5 Å². The van der Waals surface area contributed by atoms with Crippen LogP contribution in [0.15, 0.2) is 28.7 Å². The first-order chi connectivity index (χ1) is 7.08. The summed E-state index contributed by atoms with van der Waals surface area (Å²) < 4.78 is 6.63. The van der Waals surface area contributed by atoms with Crippen molar-refractivity contribution in [3.63, 3.8) is 0 Å². The number of rotatable bonds is 5. The summed E-state index contributed by atoms with van der Waals surface area (Å²) in [7, 11) is 0. The number of nitrogens with two attached hydrogens (primary N) is 1. The molecule has 0 aromatic heterocycles. The van der Waals surface area contributed by atoms with Gasteiger partial charge in [-0.15, -0.1) is 0 Å². The van der Waals surface area contributed by atoms with Crippen molar-refractivity contribution in [1.82, 2.24) is 0 Å². The normalized spacial score (nSPS) is 12.9. The second-order valence-electron chi connectivity index (χ2n) is 4.15. The maximum atomic E-state index is 5.92. The van der Waals surface area contributed by atoms with Gasteiger partial charge in [0.05, 0.1) is 0 Å². The molecule has 0 amide bonds. The quantitative estimate of drug-likeness (QED) is 0.893. The van der Waals surface area contributed by atoms with Crippen LogP contribution in [-0.2, 0) is 0 Å². The van der Waals surface area contributed by atoms with Gasteiger partial charge in [-0.25, -0.2) is 0 Å². The van der Waals surface area contributed by atoms with Gasteiger partial charge in [-0.3, -0.25) is 0 Å². The molecule has 0 bridgehead atoms. The highest BCUT2D eigenvalue weighted by Crippen LogP contribution is 2.16. The monoisotopic (exact) mass is 271 g/mol. The third-order valence-electron chi connectivity index (χ3n) is 2.05. The molecule has 0 unspecified atom stereocenters. The minimum absolute atomic E-state index is 0.119. The Morgan fingerprint density at radius 3 is 2.40 bits per heavy atom. The standard InChI is InChI=1S/C12H18BrNO/c1-9(2)7-11(14)8-15-12-5-3-10(13)4-6-12/h3-6,9,11H,7-8,14H2,1-2H3/t11-/m0/s1. The van der Waals surface area contributed by atoms with Crippen LogP contribution in [0.3, 0.4) is 0 Å². The summed E-state index contributed by atoms with van der Waals surface area (Å²) in [5.41, 5.74) is 5.92. The van der Waals surface area contributed by atoms with Crippen LogP contribution in [0.25, 0.3) is 0 Å². The molecule has 1 atom stereocenters. The summed E-state index contributed by atoms with van der Waals surface area (Å²) in [6, 6.07) is 7.92. The minimum Gasteiger partial charge on any atom is -0.492 e. The Labute approximate surface area is 99.9 Å². The Hall–Kier alpha value is -0.540. The van der Waals surface area contributed by atoms with Crippen LogP contribution in [0.1, 0.15) is 20.3 Å². The molecule has 1 aromatic rings. The molecule has 0 aliphatic rings. The van der Waals surface area contributed by atoms with Gasteiger partial charge in [0, 0.05) is 10.5 Å². The number of halogens is 1. The zero-order valence-corrected chi connectivity index (χ0v) is 10.8. The van der Waals surface area contributed by atoms with Crippen molar-refractivity contribution >= 4 is 15.9 Å². The van der Waals surface area contributed by atoms with E-state index in [9.17, 15) is 0 Å². The zero-order valence-electron chi connectivity index (χ0n) is 9.24. The van der Waals surface area contributed by atoms with E-state index in [-0.39, 0.29) is 6.04 Å². The highest BCUT2D eigenvalue weighted by molar-refractivity contribution is 9.10. The van der Waals surface area contributed by atoms with Gasteiger partial charge in [-0.2, -0.15) is 0 Å². The number of ether oxygens (including phenoxy) is 1. The molecular formula is C12H18BrNO. The second kappa shape index (κ2) is 6.13. The van der Waals surface area contributed by atoms with Crippen LogP contribution in [0.2, 0.25) is 0 Å². The molecule has 15 heavy (non-hydrogen) atoms. The van der Waals surface area contributed by atoms with E-state index in [0.717, 1.165) is 16.6 Å². The Morgan fingerprint density at radius 1 is 1.27 bits per heavy atom. The van der Waals surface area contributed by atoms with Crippen molar-refractivity contribution < 1.29 is 4.74 Å². The van der Waals surface area contributed by atoms with Crippen molar-refractivity contribution in [2.24, 2.45) is 11.7 Å². The molecule has 3 heteroatoms. The number of hydrogen-bond acceptors (Lipinski definition) is 2. The van der Waals surface area contributed by atoms with E-state index in [1.165, 1.54) is 0 Å². The summed E-state index contributed by atoms with van der Waals surface area (Å²) in [5.74, 6) is 1.49. The minimum atomic E-state index is 0.119. The molecule has 84 valence electrons. The summed E-state index contributed by atoms with van der Waals surface area (Å²) in [4.78, 5) is 0. The van der Waals surface area contributed by atoms with Crippen molar-refractivity contribution in [3.05, 3.63) is 28.7 Å². The third-order valence-corrected chi connectivity index (χ3v) is 2.58. The van der Waals surface area contributed by atoms with Gasteiger partial charge < -0.3 is 10.5 Å². The van der Waals surface area contributed by atoms with Crippen molar-refractivity contribution in [2.45, 2.75) is 26.3 Å². The molecule has 0 saturated carbocycles. The molecule has 0 aliphatic heterocycles. The maximum Gasteiger partial charge on any atom is 0.119 e. The van der Waals surface area contributed by atoms with Gasteiger partial charge in [0.2, 0.25) is 0 Å². The summed E-state index contributed by atoms with van der Waals surface area (Å²) in [5, 5.41) is 0. The van der Waals surface area contributed by atoms with Crippen LogP contribution in [0, 0.1) is 5.92 Å². The van der Waals surface area contributed by atoms with Crippen LogP contribution < -0.4 is 10.5 Å². The van der Waals surface area contributed by atoms with E-state index in [2.05, 4.69) is 29.8 Å². The predicted octanol–water partition coefficient (Wildman–Crippen LogP) is 3.20. The van der Waals surface area contributed by atoms with Gasteiger partial charge in [-0.1, -0.05) is 29.8 Å². The van der Waals surface area contributed by atoms with Gasteiger partial charge in [0.15, 0.2) is 0 Å². The average Bonchev–Trinajstić information content (AvgIpc) is 2.16. The fourth-order valence-corrected chi connectivity index (χ4v) is 1.67. The summed E-state index contributed by atoms with van der Waals surface area (Å²) in [6.45, 7) is 4.92. The molecule has 0 radical (unpaired) electrons. The first kappa shape index (κ1) is 12.5. The van der Waals surface area contributed by atoms with E-state index in [1.54, 1.807) is 0 Å². The highest BCUT2D eigenvalue weighted by atomic mass is 79.9. The molecule has 0 saturated heterocycles. The lowest BCUT2D eigenvalue weighted by Crippen LogP contribution is -2.29. The van der Waals surface area contributed by atoms with Gasteiger partial charge in [0.25, 0.3) is 0 Å². The van der Waals surface area contributed by atoms with Crippen molar-refractivity contribution in [3.8, 4) is 5.75 Å². The Balaban J connectivity index is 2.33. The van der Waals surface area contributed by atoms with E-state index < -0.39 is 0 Å². The second-order valence-corrected chi connectivity index (χ2v) is 5.07. The van der Waals surface area contributed by atoms with E-state index in [1.807, 2.05) is 24.3 Å². The van der Waals surface area contributed by atoms with Crippen LogP contribution in [-0.4, -0.2) is 12.6 Å². The SMILES string of the molecule is CC(C)C[C@H](N)COc1ccc(Br)cc1. The van der Waals surface area contributed by atoms with Gasteiger partial charge in [-0.05, 0) is 36.6 Å². The van der Waals surface area contributed by atoms with Crippen molar-refractivity contribution in [1.29, 1.82) is 0 Å². The predicted molar refractivity (Wildman–Crippen MR) is 67.1 cm³/mol. The smallest absolute Gasteiger partial charge is 0.119 e. The zero-order chi connectivity index (χ0) is 11.3. The number of hydrogen-bond donors (Lipinski definition) is 1. The molecule has 0 spiro atoms. The Morgan fingerprint density at radius 2 is 1.87 bits per heavy atom.